The van der Waals surface area contributed by atoms with E-state index in [2.05, 4.69) is 6.58 Å². The minimum Gasteiger partial charge on any atom is -0.295 e. The molecule has 0 aliphatic heterocycles. The first-order chi connectivity index (χ1) is 2.64. The van der Waals surface area contributed by atoms with Gasteiger partial charge in [0.2, 0.25) is 0 Å². The maximum atomic E-state index is 11.5. The fourth-order valence-corrected chi connectivity index (χ4v) is 0. The quantitative estimate of drug-likeness (QED) is 0.354. The van der Waals surface area contributed by atoms with Crippen molar-refractivity contribution in [2.24, 2.45) is 0 Å². The predicted molar refractivity (Wildman–Crippen MR) is 32.0 cm³/mol. The lowest BCUT2D eigenvalue weighted by Crippen LogP contribution is -1.94. The van der Waals surface area contributed by atoms with Gasteiger partial charge in [-0.3, -0.25) is 3.11 Å². The second-order valence-corrected chi connectivity index (χ2v) is 2.30. The number of nitrogens with zero attached hydrogens (tertiary/aromatic N) is 1. The predicted octanol–water partition coefficient (Wildman–Crippen LogP) is 1.71. The molecular weight excluding hydrogens is 196 g/mol. The molecule has 1 nitrogen and oxygen atoms in total. The summed E-state index contributed by atoms with van der Waals surface area (Å²) in [5.41, 5.74) is 0. The van der Waals surface area contributed by atoms with Crippen molar-refractivity contribution in [2.45, 2.75) is 0 Å². The van der Waals surface area contributed by atoms with Crippen molar-refractivity contribution in [1.29, 1.82) is 0 Å². The zero-order valence-electron chi connectivity index (χ0n) is 3.41. The molecule has 0 saturated heterocycles. The summed E-state index contributed by atoms with van der Waals surface area (Å²) in [6, 6.07) is 0. The van der Waals surface area contributed by atoms with Gasteiger partial charge in [-0.2, -0.15) is 4.39 Å². The van der Waals surface area contributed by atoms with Crippen LogP contribution in [0.1, 0.15) is 0 Å². The molecule has 6 heavy (non-hydrogen) atoms. The molecule has 0 N–H and O–H groups in total. The molecule has 0 bridgehead atoms. The average Bonchev–Trinajstić information content (AvgIpc) is 1.36. The first kappa shape index (κ1) is 6.20. The van der Waals surface area contributed by atoms with Crippen LogP contribution in [0, 0.1) is 0 Å². The number of hydrogen-bond acceptors (Lipinski definition) is 1. The van der Waals surface area contributed by atoms with E-state index in [0.29, 0.717) is 0 Å². The third-order valence-electron chi connectivity index (χ3n) is 0.334. The normalized spacial score (nSPS) is 7.83. The summed E-state index contributed by atoms with van der Waals surface area (Å²) in [5.74, 6) is -0.421. The molecule has 0 unspecified atom stereocenters. The maximum Gasteiger partial charge on any atom is 0.190 e. The molecule has 0 amide bonds. The van der Waals surface area contributed by atoms with Crippen molar-refractivity contribution >= 4 is 22.9 Å². The third-order valence-corrected chi connectivity index (χ3v) is 0.858. The highest BCUT2D eigenvalue weighted by atomic mass is 127. The summed E-state index contributed by atoms with van der Waals surface area (Å²) in [7, 11) is 1.59. The molecule has 0 saturated carbocycles. The largest absolute Gasteiger partial charge is 0.295 e. The molecule has 0 aliphatic rings. The summed E-state index contributed by atoms with van der Waals surface area (Å²) < 4.78 is 12.8. The highest BCUT2D eigenvalue weighted by Gasteiger charge is 1.87. The van der Waals surface area contributed by atoms with E-state index in [1.54, 1.807) is 29.9 Å². The van der Waals surface area contributed by atoms with Crippen LogP contribution in [0.4, 0.5) is 4.39 Å². The zero-order chi connectivity index (χ0) is 5.15. The number of rotatable bonds is 1. The van der Waals surface area contributed by atoms with Gasteiger partial charge in [-0.05, 0) is 6.58 Å². The SMILES string of the molecule is C=C(F)N(C)I. The summed E-state index contributed by atoms with van der Waals surface area (Å²) in [6.45, 7) is 3.01. The van der Waals surface area contributed by atoms with E-state index >= 15 is 0 Å². The lowest BCUT2D eigenvalue weighted by molar-refractivity contribution is 0.498. The molecule has 0 radical (unpaired) electrons. The highest BCUT2D eigenvalue weighted by Crippen LogP contribution is 2.03. The Morgan fingerprint density at radius 2 is 2.17 bits per heavy atom. The Morgan fingerprint density at radius 1 is 2.00 bits per heavy atom. The van der Waals surface area contributed by atoms with Crippen LogP contribution in [0.2, 0.25) is 0 Å². The van der Waals surface area contributed by atoms with E-state index < -0.39 is 5.95 Å². The van der Waals surface area contributed by atoms with Crippen LogP contribution in [0.5, 0.6) is 0 Å². The topological polar surface area (TPSA) is 3.24 Å². The molecule has 0 aromatic rings. The lowest BCUT2D eigenvalue weighted by atomic mass is 10.9. The van der Waals surface area contributed by atoms with Crippen LogP contribution in [0.25, 0.3) is 0 Å². The number of hydrogen-bond donors (Lipinski definition) is 0. The van der Waals surface area contributed by atoms with Gasteiger partial charge in [0.1, 0.15) is 0 Å². The van der Waals surface area contributed by atoms with Crippen molar-refractivity contribution in [2.75, 3.05) is 7.05 Å². The van der Waals surface area contributed by atoms with E-state index in [9.17, 15) is 4.39 Å². The number of halogens is 2. The van der Waals surface area contributed by atoms with E-state index in [1.807, 2.05) is 0 Å². The van der Waals surface area contributed by atoms with Gasteiger partial charge in [0.25, 0.3) is 0 Å². The maximum absolute atomic E-state index is 11.5. The van der Waals surface area contributed by atoms with Gasteiger partial charge in [0.15, 0.2) is 5.95 Å². The molecule has 0 aromatic carbocycles. The second-order valence-electron chi connectivity index (χ2n) is 0.853. The van der Waals surface area contributed by atoms with E-state index in [4.69, 9.17) is 0 Å². The fourth-order valence-electron chi connectivity index (χ4n) is 0. The van der Waals surface area contributed by atoms with Gasteiger partial charge in [-0.25, -0.2) is 0 Å². The molecule has 0 rings (SSSR count). The van der Waals surface area contributed by atoms with E-state index in [1.165, 1.54) is 3.11 Å². The molecular formula is C3H5FIN. The summed E-state index contributed by atoms with van der Waals surface area (Å²) in [4.78, 5) is 0. The minimum absolute atomic E-state index is 0.421. The highest BCUT2D eigenvalue weighted by molar-refractivity contribution is 14.1. The van der Waals surface area contributed by atoms with Crippen LogP contribution < -0.4 is 0 Å². The van der Waals surface area contributed by atoms with Crippen LogP contribution in [0.3, 0.4) is 0 Å². The molecule has 0 heterocycles. The Bertz CT molecular complexity index is 61.8. The zero-order valence-corrected chi connectivity index (χ0v) is 5.57. The first-order valence-corrected chi connectivity index (χ1v) is 2.35. The van der Waals surface area contributed by atoms with Crippen LogP contribution >= 0.6 is 22.9 Å². The van der Waals surface area contributed by atoms with E-state index in [0.717, 1.165) is 0 Å². The summed E-state index contributed by atoms with van der Waals surface area (Å²) in [6.07, 6.45) is 0. The second kappa shape index (κ2) is 2.39. The summed E-state index contributed by atoms with van der Waals surface area (Å²) in [5, 5.41) is 0. The molecule has 0 atom stereocenters. The van der Waals surface area contributed by atoms with Crippen molar-refractivity contribution in [1.82, 2.24) is 3.11 Å². The molecule has 0 spiro atoms. The summed E-state index contributed by atoms with van der Waals surface area (Å²) >= 11 is 1.79. The van der Waals surface area contributed by atoms with Gasteiger partial charge < -0.3 is 0 Å². The molecule has 0 aliphatic carbocycles. The van der Waals surface area contributed by atoms with Crippen LogP contribution in [0.15, 0.2) is 12.5 Å². The Kier molecular flexibility index (Phi) is 2.47. The first-order valence-electron chi connectivity index (χ1n) is 1.38. The molecule has 0 fully saturated rings. The Labute approximate surface area is 50.3 Å². The van der Waals surface area contributed by atoms with E-state index in [-0.39, 0.29) is 0 Å². The Hall–Kier alpha value is 0.200. The van der Waals surface area contributed by atoms with Gasteiger partial charge in [-0.15, -0.1) is 0 Å². The lowest BCUT2D eigenvalue weighted by Gasteiger charge is -2.00. The Balaban J connectivity index is 3.26. The standard InChI is InChI=1S/C3H5FIN/c1-3(4)6(2)5/h1H2,2H3. The smallest absolute Gasteiger partial charge is 0.190 e. The van der Waals surface area contributed by atoms with Crippen molar-refractivity contribution in [3.63, 3.8) is 0 Å². The monoisotopic (exact) mass is 201 g/mol. The van der Waals surface area contributed by atoms with Gasteiger partial charge >= 0.3 is 0 Å². The third kappa shape index (κ3) is 2.44. The van der Waals surface area contributed by atoms with Gasteiger partial charge in [-0.1, -0.05) is 0 Å². The molecule has 3 heteroatoms. The van der Waals surface area contributed by atoms with Crippen molar-refractivity contribution in [3.05, 3.63) is 12.5 Å². The molecule has 0 aromatic heterocycles. The minimum atomic E-state index is -0.421. The van der Waals surface area contributed by atoms with Crippen molar-refractivity contribution < 1.29 is 4.39 Å². The van der Waals surface area contributed by atoms with Crippen molar-refractivity contribution in [3.8, 4) is 0 Å². The fraction of sp³-hybridized carbons (Fsp3) is 0.333. The average molecular weight is 201 g/mol. The molecule has 36 valence electrons. The van der Waals surface area contributed by atoms with Gasteiger partial charge in [0, 0.05) is 7.05 Å². The Morgan fingerprint density at radius 3 is 2.17 bits per heavy atom. The van der Waals surface area contributed by atoms with Crippen LogP contribution in [-0.2, 0) is 0 Å². The van der Waals surface area contributed by atoms with Gasteiger partial charge in [0.05, 0.1) is 22.9 Å². The van der Waals surface area contributed by atoms with Crippen LogP contribution in [-0.4, -0.2) is 10.2 Å².